The highest BCUT2D eigenvalue weighted by Crippen LogP contribution is 2.30. The quantitative estimate of drug-likeness (QED) is 0.794. The van der Waals surface area contributed by atoms with E-state index in [1.807, 2.05) is 19.1 Å². The monoisotopic (exact) mass is 397 g/mol. The van der Waals surface area contributed by atoms with Gasteiger partial charge in [-0.3, -0.25) is 9.69 Å². The first-order chi connectivity index (χ1) is 14.1. The molecule has 3 saturated heterocycles. The fraction of sp³-hybridized carbons (Fsp3) is 0.682. The number of piperidine rings is 2. The minimum absolute atomic E-state index is 0.135. The molecule has 0 radical (unpaired) electrons. The molecule has 7 nitrogen and oxygen atoms in total. The first kappa shape index (κ1) is 18.9. The van der Waals surface area contributed by atoms with Gasteiger partial charge in [0, 0.05) is 49.9 Å². The lowest BCUT2D eigenvalue weighted by molar-refractivity contribution is -0.145. The zero-order valence-electron chi connectivity index (χ0n) is 17.5. The molecule has 3 aliphatic rings. The van der Waals surface area contributed by atoms with E-state index in [9.17, 15) is 4.79 Å². The normalized spacial score (nSPS) is 24.8. The second-order valence-electron chi connectivity index (χ2n) is 9.01. The van der Waals surface area contributed by atoms with E-state index in [1.54, 1.807) is 0 Å². The number of nitrogens with zero attached hydrogens (tertiary/aromatic N) is 5. The van der Waals surface area contributed by atoms with Crippen LogP contribution in [0, 0.1) is 12.8 Å². The van der Waals surface area contributed by atoms with Crippen molar-refractivity contribution in [2.75, 3.05) is 37.6 Å². The topological polar surface area (TPSA) is 65.7 Å². The molecule has 1 atom stereocenters. The summed E-state index contributed by atoms with van der Waals surface area (Å²) < 4.78 is 5.88. The van der Waals surface area contributed by atoms with Crippen molar-refractivity contribution in [3.05, 3.63) is 17.8 Å². The van der Waals surface area contributed by atoms with Gasteiger partial charge in [-0.25, -0.2) is 4.98 Å². The molecule has 0 N–H and O–H groups in total. The molecule has 5 heterocycles. The highest BCUT2D eigenvalue weighted by atomic mass is 16.4. The molecule has 0 aliphatic carbocycles. The summed E-state index contributed by atoms with van der Waals surface area (Å²) in [7, 11) is 0. The van der Waals surface area contributed by atoms with Crippen LogP contribution < -0.4 is 4.90 Å². The van der Waals surface area contributed by atoms with E-state index < -0.39 is 0 Å². The Morgan fingerprint density at radius 1 is 1.07 bits per heavy atom. The molecule has 156 valence electrons. The number of carbonyl (C=O) groups is 1. The number of pyridine rings is 1. The third kappa shape index (κ3) is 3.61. The van der Waals surface area contributed by atoms with Crippen LogP contribution in [0.3, 0.4) is 0 Å². The zero-order chi connectivity index (χ0) is 20.0. The number of likely N-dealkylation sites (tertiary alicyclic amines) is 2. The molecule has 0 saturated carbocycles. The van der Waals surface area contributed by atoms with E-state index >= 15 is 0 Å². The van der Waals surface area contributed by atoms with E-state index in [1.165, 1.54) is 25.8 Å². The van der Waals surface area contributed by atoms with Crippen LogP contribution in [0.4, 0.5) is 6.01 Å². The van der Waals surface area contributed by atoms with Gasteiger partial charge in [0.1, 0.15) is 0 Å². The van der Waals surface area contributed by atoms with E-state index in [4.69, 9.17) is 4.42 Å². The van der Waals surface area contributed by atoms with Crippen molar-refractivity contribution in [1.29, 1.82) is 0 Å². The van der Waals surface area contributed by atoms with Crippen molar-refractivity contribution in [3.8, 4) is 0 Å². The van der Waals surface area contributed by atoms with Gasteiger partial charge in [-0.15, -0.1) is 0 Å². The van der Waals surface area contributed by atoms with E-state index in [-0.39, 0.29) is 5.92 Å². The van der Waals surface area contributed by atoms with Crippen molar-refractivity contribution >= 4 is 23.2 Å². The molecule has 5 rings (SSSR count). The Balaban J connectivity index is 1.14. The number of carbonyl (C=O) groups excluding carboxylic acids is 1. The maximum Gasteiger partial charge on any atom is 0.299 e. The number of hydrogen-bond donors (Lipinski definition) is 0. The number of aromatic nitrogens is 2. The third-order valence-corrected chi connectivity index (χ3v) is 6.99. The summed E-state index contributed by atoms with van der Waals surface area (Å²) in [6.45, 7) is 8.94. The predicted octanol–water partition coefficient (Wildman–Crippen LogP) is 2.83. The van der Waals surface area contributed by atoms with Crippen molar-refractivity contribution in [3.63, 3.8) is 0 Å². The number of fused-ring (bicyclic) bond motifs is 1. The Hall–Kier alpha value is -2.15. The third-order valence-electron chi connectivity index (χ3n) is 6.99. The minimum Gasteiger partial charge on any atom is -0.422 e. The Morgan fingerprint density at radius 2 is 1.86 bits per heavy atom. The van der Waals surface area contributed by atoms with Crippen LogP contribution >= 0.6 is 0 Å². The van der Waals surface area contributed by atoms with Crippen molar-refractivity contribution in [1.82, 2.24) is 19.8 Å². The second-order valence-corrected chi connectivity index (χ2v) is 9.01. The smallest absolute Gasteiger partial charge is 0.299 e. The highest BCUT2D eigenvalue weighted by Gasteiger charge is 2.40. The molecule has 7 heteroatoms. The van der Waals surface area contributed by atoms with Gasteiger partial charge < -0.3 is 14.2 Å². The van der Waals surface area contributed by atoms with Crippen molar-refractivity contribution < 1.29 is 9.21 Å². The van der Waals surface area contributed by atoms with Gasteiger partial charge in [-0.1, -0.05) is 6.42 Å². The van der Waals surface area contributed by atoms with Gasteiger partial charge >= 0.3 is 0 Å². The van der Waals surface area contributed by atoms with Gasteiger partial charge in [0.2, 0.25) is 11.6 Å². The summed E-state index contributed by atoms with van der Waals surface area (Å²) in [4.78, 5) is 28.8. The molecule has 2 aromatic heterocycles. The first-order valence-electron chi connectivity index (χ1n) is 11.1. The summed E-state index contributed by atoms with van der Waals surface area (Å²) in [5.41, 5.74) is 2.33. The molecular weight excluding hydrogens is 366 g/mol. The molecule has 0 bridgehead atoms. The van der Waals surface area contributed by atoms with Crippen LogP contribution in [0.25, 0.3) is 11.2 Å². The van der Waals surface area contributed by atoms with E-state index in [0.29, 0.717) is 29.7 Å². The van der Waals surface area contributed by atoms with Crippen molar-refractivity contribution in [2.24, 2.45) is 5.92 Å². The molecule has 3 aliphatic heterocycles. The van der Waals surface area contributed by atoms with E-state index in [0.717, 1.165) is 50.3 Å². The average molecular weight is 398 g/mol. The molecule has 3 fully saturated rings. The maximum absolute atomic E-state index is 13.0. The molecule has 0 aromatic carbocycles. The van der Waals surface area contributed by atoms with Gasteiger partial charge in [0.05, 0.1) is 0 Å². The van der Waals surface area contributed by atoms with Gasteiger partial charge in [-0.05, 0) is 58.2 Å². The Kier molecular flexibility index (Phi) is 4.94. The van der Waals surface area contributed by atoms with Crippen LogP contribution in [0.5, 0.6) is 0 Å². The standard InChI is InChI=1S/C22H31N5O2/c1-15-6-7-19-20(23-15)24-22(29-19)25-11-8-17(9-12-25)21(28)26-13-18(14-26)27-10-4-3-5-16(27)2/h6-7,16-18H,3-5,8-14H2,1-2H3. The number of amides is 1. The lowest BCUT2D eigenvalue weighted by atomic mass is 9.92. The lowest BCUT2D eigenvalue weighted by Crippen LogP contribution is -2.64. The molecule has 1 unspecified atom stereocenters. The van der Waals surface area contributed by atoms with Gasteiger partial charge in [-0.2, -0.15) is 4.98 Å². The number of anilines is 1. The Morgan fingerprint density at radius 3 is 2.62 bits per heavy atom. The SMILES string of the molecule is Cc1ccc2oc(N3CCC(C(=O)N4CC(N5CCCCC5C)C4)CC3)nc2n1. The molecule has 29 heavy (non-hydrogen) atoms. The maximum atomic E-state index is 13.0. The largest absolute Gasteiger partial charge is 0.422 e. The summed E-state index contributed by atoms with van der Waals surface area (Å²) in [6, 6.07) is 5.74. The number of oxazole rings is 1. The minimum atomic E-state index is 0.135. The molecule has 0 spiro atoms. The summed E-state index contributed by atoms with van der Waals surface area (Å²) in [5.74, 6) is 0.483. The zero-order valence-corrected chi connectivity index (χ0v) is 17.5. The Labute approximate surface area is 172 Å². The summed E-state index contributed by atoms with van der Waals surface area (Å²) in [5, 5.41) is 0. The lowest BCUT2D eigenvalue weighted by Gasteiger charge is -2.50. The van der Waals surface area contributed by atoms with Crippen LogP contribution in [-0.2, 0) is 4.79 Å². The number of hydrogen-bond acceptors (Lipinski definition) is 6. The number of aryl methyl sites for hydroxylation is 1. The van der Waals surface area contributed by atoms with Crippen LogP contribution in [0.1, 0.15) is 44.7 Å². The average Bonchev–Trinajstić information content (AvgIpc) is 3.11. The second kappa shape index (κ2) is 7.59. The highest BCUT2D eigenvalue weighted by molar-refractivity contribution is 5.80. The fourth-order valence-corrected chi connectivity index (χ4v) is 5.12. The van der Waals surface area contributed by atoms with Gasteiger partial charge in [0.15, 0.2) is 5.58 Å². The summed E-state index contributed by atoms with van der Waals surface area (Å²) >= 11 is 0. The molecule has 1 amide bonds. The fourth-order valence-electron chi connectivity index (χ4n) is 5.12. The first-order valence-corrected chi connectivity index (χ1v) is 11.1. The number of rotatable bonds is 3. The van der Waals surface area contributed by atoms with E-state index in [2.05, 4.69) is 31.6 Å². The Bertz CT molecular complexity index is 882. The van der Waals surface area contributed by atoms with Crippen LogP contribution in [-0.4, -0.2) is 70.5 Å². The predicted molar refractivity (Wildman–Crippen MR) is 112 cm³/mol. The van der Waals surface area contributed by atoms with Crippen LogP contribution in [0.2, 0.25) is 0 Å². The molecular formula is C22H31N5O2. The van der Waals surface area contributed by atoms with Gasteiger partial charge in [0.25, 0.3) is 6.01 Å². The summed E-state index contributed by atoms with van der Waals surface area (Å²) in [6.07, 6.45) is 5.68. The van der Waals surface area contributed by atoms with Crippen LogP contribution in [0.15, 0.2) is 16.5 Å². The van der Waals surface area contributed by atoms with Crippen molar-refractivity contribution in [2.45, 2.75) is 58.0 Å². The molecule has 2 aromatic rings.